The minimum Gasteiger partial charge on any atom is -0.455 e. The quantitative estimate of drug-likeness (QED) is 0.879. The van der Waals surface area contributed by atoms with Gasteiger partial charge in [0.05, 0.1) is 4.08 Å². The molecule has 1 saturated heterocycles. The number of furan rings is 1. The van der Waals surface area contributed by atoms with E-state index in [0.717, 1.165) is 42.1 Å². The molecule has 1 N–H and O–H groups in total. The second kappa shape index (κ2) is 5.63. The van der Waals surface area contributed by atoms with E-state index < -0.39 is 0 Å². The molecule has 7 heteroatoms. The van der Waals surface area contributed by atoms with Crippen LogP contribution in [0.5, 0.6) is 0 Å². The maximum atomic E-state index is 12.6. The highest BCUT2D eigenvalue weighted by Crippen LogP contribution is 2.59. The molecule has 0 unspecified atom stereocenters. The number of fused-ring (bicyclic) bond motifs is 2. The Morgan fingerprint density at radius 3 is 2.83 bits per heavy atom. The van der Waals surface area contributed by atoms with E-state index in [2.05, 4.69) is 10.5 Å². The Hall–Kier alpha value is -1.34. The molecule has 1 spiro atoms. The van der Waals surface area contributed by atoms with Crippen molar-refractivity contribution in [1.29, 1.82) is 0 Å². The van der Waals surface area contributed by atoms with Crippen LogP contribution >= 0.6 is 23.5 Å². The summed E-state index contributed by atoms with van der Waals surface area (Å²) in [4.78, 5) is 12.6. The summed E-state index contributed by atoms with van der Waals surface area (Å²) in [5, 5.41) is 6.56. The highest BCUT2D eigenvalue weighted by atomic mass is 32.2. The summed E-state index contributed by atoms with van der Waals surface area (Å²) < 4.78 is 11.0. The standard InChI is InChI=1S/C16H18N2O3S2/c1-9-8-12(18-21-9)17-15(19)14-10(2)13-11(20-14)4-3-5-16(13)22-6-7-23-16/h8H,3-7H2,1-2H3,(H,17,18,19). The van der Waals surface area contributed by atoms with Crippen LogP contribution in [-0.4, -0.2) is 22.6 Å². The third kappa shape index (κ3) is 2.50. The lowest BCUT2D eigenvalue weighted by Gasteiger charge is -2.31. The van der Waals surface area contributed by atoms with Gasteiger partial charge in [-0.05, 0) is 26.7 Å². The Morgan fingerprint density at radius 2 is 2.13 bits per heavy atom. The molecule has 2 aromatic rings. The van der Waals surface area contributed by atoms with Gasteiger partial charge in [-0.25, -0.2) is 0 Å². The average Bonchev–Trinajstić information content (AvgIpc) is 3.21. The first kappa shape index (κ1) is 15.2. The number of hydrogen-bond donors (Lipinski definition) is 1. The number of carbonyl (C=O) groups excluding carboxylic acids is 1. The number of aromatic nitrogens is 1. The van der Waals surface area contributed by atoms with Crippen molar-refractivity contribution in [3.63, 3.8) is 0 Å². The molecule has 2 aliphatic rings. The molecule has 5 nitrogen and oxygen atoms in total. The Balaban J connectivity index is 1.68. The zero-order valence-electron chi connectivity index (χ0n) is 13.1. The fourth-order valence-electron chi connectivity index (χ4n) is 3.41. The zero-order valence-corrected chi connectivity index (χ0v) is 14.7. The number of thioether (sulfide) groups is 2. The molecule has 23 heavy (non-hydrogen) atoms. The van der Waals surface area contributed by atoms with Crippen LogP contribution in [0.25, 0.3) is 0 Å². The van der Waals surface area contributed by atoms with E-state index in [0.29, 0.717) is 17.3 Å². The van der Waals surface area contributed by atoms with Gasteiger partial charge in [0.25, 0.3) is 5.91 Å². The lowest BCUT2D eigenvalue weighted by atomic mass is 9.94. The summed E-state index contributed by atoms with van der Waals surface area (Å²) in [6.45, 7) is 3.79. The van der Waals surface area contributed by atoms with E-state index >= 15 is 0 Å². The Morgan fingerprint density at radius 1 is 1.35 bits per heavy atom. The highest BCUT2D eigenvalue weighted by Gasteiger charge is 2.45. The van der Waals surface area contributed by atoms with E-state index in [1.54, 1.807) is 13.0 Å². The van der Waals surface area contributed by atoms with E-state index in [4.69, 9.17) is 8.94 Å². The maximum absolute atomic E-state index is 12.6. The molecule has 0 bridgehead atoms. The third-order valence-electron chi connectivity index (χ3n) is 4.34. The number of anilines is 1. The minimum absolute atomic E-state index is 0.0875. The first-order chi connectivity index (χ1) is 11.1. The van der Waals surface area contributed by atoms with Crippen LogP contribution in [0.2, 0.25) is 0 Å². The molecule has 1 amide bonds. The molecule has 2 aromatic heterocycles. The predicted octanol–water partition coefficient (Wildman–Crippen LogP) is 4.11. The van der Waals surface area contributed by atoms with E-state index in [1.807, 2.05) is 30.4 Å². The largest absolute Gasteiger partial charge is 0.455 e. The number of nitrogens with one attached hydrogen (secondary N) is 1. The summed E-state index contributed by atoms with van der Waals surface area (Å²) >= 11 is 4.00. The second-order valence-corrected chi connectivity index (χ2v) is 8.98. The average molecular weight is 350 g/mol. The molecule has 1 fully saturated rings. The van der Waals surface area contributed by atoms with Crippen LogP contribution in [0.15, 0.2) is 15.0 Å². The zero-order chi connectivity index (χ0) is 16.0. The second-order valence-electron chi connectivity index (χ2n) is 5.93. The van der Waals surface area contributed by atoms with Crippen LogP contribution in [0.3, 0.4) is 0 Å². The third-order valence-corrected chi connectivity index (χ3v) is 7.87. The van der Waals surface area contributed by atoms with Gasteiger partial charge in [0, 0.05) is 35.1 Å². The summed E-state index contributed by atoms with van der Waals surface area (Å²) in [7, 11) is 0. The number of carbonyl (C=O) groups is 1. The van der Waals surface area contributed by atoms with Crippen LogP contribution < -0.4 is 5.32 Å². The van der Waals surface area contributed by atoms with Gasteiger partial charge < -0.3 is 14.3 Å². The molecule has 1 aliphatic heterocycles. The number of amides is 1. The van der Waals surface area contributed by atoms with Gasteiger partial charge in [0.15, 0.2) is 11.6 Å². The van der Waals surface area contributed by atoms with Crippen molar-refractivity contribution < 1.29 is 13.7 Å². The smallest absolute Gasteiger partial charge is 0.292 e. The van der Waals surface area contributed by atoms with Crippen molar-refractivity contribution in [2.75, 3.05) is 16.8 Å². The van der Waals surface area contributed by atoms with Gasteiger partial charge in [-0.1, -0.05) is 5.16 Å². The van der Waals surface area contributed by atoms with Crippen molar-refractivity contribution >= 4 is 35.2 Å². The Labute approximate surface area is 142 Å². The van der Waals surface area contributed by atoms with Gasteiger partial charge in [-0.15, -0.1) is 23.5 Å². The summed E-state index contributed by atoms with van der Waals surface area (Å²) in [6.07, 6.45) is 3.18. The minimum atomic E-state index is -0.256. The SMILES string of the molecule is Cc1cc(NC(=O)c2oc3c(c2C)C2(CCC3)SCCS2)no1. The Kier molecular flexibility index (Phi) is 3.72. The van der Waals surface area contributed by atoms with E-state index in [1.165, 1.54) is 5.56 Å². The predicted molar refractivity (Wildman–Crippen MR) is 92.2 cm³/mol. The molecular formula is C16H18N2O3S2. The normalized spacial score (nSPS) is 19.0. The van der Waals surface area contributed by atoms with Crippen LogP contribution in [0.1, 0.15) is 46.0 Å². The number of aryl methyl sites for hydroxylation is 2. The van der Waals surface area contributed by atoms with Crippen molar-refractivity contribution in [1.82, 2.24) is 5.16 Å². The van der Waals surface area contributed by atoms with E-state index in [-0.39, 0.29) is 9.99 Å². The number of nitrogens with zero attached hydrogens (tertiary/aromatic N) is 1. The van der Waals surface area contributed by atoms with E-state index in [9.17, 15) is 4.79 Å². The monoisotopic (exact) mass is 350 g/mol. The first-order valence-electron chi connectivity index (χ1n) is 7.74. The molecule has 122 valence electrons. The van der Waals surface area contributed by atoms with Crippen molar-refractivity contribution in [3.05, 3.63) is 34.5 Å². The molecular weight excluding hydrogens is 332 g/mol. The van der Waals surface area contributed by atoms with Gasteiger partial charge >= 0.3 is 0 Å². The maximum Gasteiger partial charge on any atom is 0.292 e. The number of rotatable bonds is 2. The van der Waals surface area contributed by atoms with Crippen molar-refractivity contribution in [2.45, 2.75) is 37.2 Å². The van der Waals surface area contributed by atoms with Crippen molar-refractivity contribution in [3.8, 4) is 0 Å². The molecule has 3 heterocycles. The van der Waals surface area contributed by atoms with Crippen LogP contribution in [0, 0.1) is 13.8 Å². The Bertz CT molecular complexity index is 759. The van der Waals surface area contributed by atoms with Crippen LogP contribution in [-0.2, 0) is 10.5 Å². The molecule has 0 aromatic carbocycles. The van der Waals surface area contributed by atoms with Crippen LogP contribution in [0.4, 0.5) is 5.82 Å². The lowest BCUT2D eigenvalue weighted by molar-refractivity contribution is 0.0993. The molecule has 1 aliphatic carbocycles. The topological polar surface area (TPSA) is 68.3 Å². The molecule has 0 radical (unpaired) electrons. The molecule has 0 atom stereocenters. The summed E-state index contributed by atoms with van der Waals surface area (Å²) in [5.74, 6) is 4.53. The highest BCUT2D eigenvalue weighted by molar-refractivity contribution is 8.20. The molecule has 4 rings (SSSR count). The summed E-state index contributed by atoms with van der Waals surface area (Å²) in [6, 6.07) is 1.69. The summed E-state index contributed by atoms with van der Waals surface area (Å²) in [5.41, 5.74) is 2.22. The van der Waals surface area contributed by atoms with Gasteiger partial charge in [0.2, 0.25) is 0 Å². The fraction of sp³-hybridized carbons (Fsp3) is 0.500. The van der Waals surface area contributed by atoms with Gasteiger partial charge in [0.1, 0.15) is 11.5 Å². The fourth-order valence-corrected chi connectivity index (χ4v) is 6.97. The van der Waals surface area contributed by atoms with Gasteiger partial charge in [-0.2, -0.15) is 0 Å². The first-order valence-corrected chi connectivity index (χ1v) is 9.71. The lowest BCUT2D eigenvalue weighted by Crippen LogP contribution is -2.21. The van der Waals surface area contributed by atoms with Gasteiger partial charge in [-0.3, -0.25) is 4.79 Å². The molecule has 0 saturated carbocycles. The number of hydrogen-bond acceptors (Lipinski definition) is 6. The van der Waals surface area contributed by atoms with Crippen molar-refractivity contribution in [2.24, 2.45) is 0 Å².